The third kappa shape index (κ3) is 4.88. The lowest BCUT2D eigenvalue weighted by Crippen LogP contribution is -2.45. The number of carbonyl (C=O) groups is 1. The first-order valence-corrected chi connectivity index (χ1v) is 6.26. The number of carbonyl (C=O) groups excluding carboxylic acids is 1. The van der Waals surface area contributed by atoms with Gasteiger partial charge in [0.1, 0.15) is 0 Å². The fraction of sp³-hybridized carbons (Fsp3) is 0.333. The molecule has 1 aromatic carbocycles. The average Bonchev–Trinajstić information content (AvgIpc) is 2.42. The topological polar surface area (TPSA) is 79.9 Å². The maximum absolute atomic E-state index is 11.7. The normalized spacial score (nSPS) is 15.4. The number of urea groups is 1. The number of rotatable bonds is 1. The summed E-state index contributed by atoms with van der Waals surface area (Å²) in [5, 5.41) is 3.22. The summed E-state index contributed by atoms with van der Waals surface area (Å²) in [5.74, 6) is 0.203. The molecule has 1 fully saturated rings. The molecule has 0 atom stereocenters. The third-order valence-electron chi connectivity index (χ3n) is 2.65. The van der Waals surface area contributed by atoms with E-state index >= 15 is 0 Å². The van der Waals surface area contributed by atoms with Crippen LogP contribution in [-0.2, 0) is 4.74 Å². The zero-order valence-corrected chi connectivity index (χ0v) is 12.3. The van der Waals surface area contributed by atoms with Gasteiger partial charge < -0.3 is 20.7 Å². The van der Waals surface area contributed by atoms with E-state index in [0.717, 1.165) is 0 Å². The molecule has 0 bridgehead atoms. The summed E-state index contributed by atoms with van der Waals surface area (Å²) in [6, 6.07) is 6.26. The van der Waals surface area contributed by atoms with E-state index in [9.17, 15) is 4.79 Å². The number of amides is 2. The molecule has 1 aromatic rings. The first-order chi connectivity index (χ1) is 9.15. The van der Waals surface area contributed by atoms with Crippen molar-refractivity contribution in [1.29, 1.82) is 0 Å². The molecule has 8 heteroatoms. The number of anilines is 1. The number of nitrogens with zero attached hydrogens (tertiary/aromatic N) is 2. The van der Waals surface area contributed by atoms with Crippen molar-refractivity contribution in [2.45, 2.75) is 0 Å². The molecule has 0 radical (unpaired) electrons. The number of aliphatic imine (C=N–C) groups is 1. The molecule has 2 amide bonds. The molecule has 20 heavy (non-hydrogen) atoms. The van der Waals surface area contributed by atoms with Gasteiger partial charge in [-0.3, -0.25) is 0 Å². The average molecular weight is 319 g/mol. The van der Waals surface area contributed by atoms with E-state index in [4.69, 9.17) is 22.1 Å². The highest BCUT2D eigenvalue weighted by molar-refractivity contribution is 6.30. The molecule has 1 aliphatic heterocycles. The Morgan fingerprint density at radius 1 is 1.30 bits per heavy atom. The van der Waals surface area contributed by atoms with Gasteiger partial charge in [0.05, 0.1) is 13.2 Å². The van der Waals surface area contributed by atoms with Crippen LogP contribution in [0.2, 0.25) is 5.02 Å². The van der Waals surface area contributed by atoms with E-state index < -0.39 is 6.03 Å². The van der Waals surface area contributed by atoms with Crippen LogP contribution in [-0.4, -0.2) is 43.2 Å². The van der Waals surface area contributed by atoms with Gasteiger partial charge in [-0.15, -0.1) is 12.4 Å². The quantitative estimate of drug-likeness (QED) is 0.612. The Kier molecular flexibility index (Phi) is 6.57. The number of halogens is 2. The molecule has 0 spiro atoms. The van der Waals surface area contributed by atoms with Crippen LogP contribution in [0.1, 0.15) is 0 Å². The number of hydrogen-bond donors (Lipinski definition) is 2. The molecule has 110 valence electrons. The summed E-state index contributed by atoms with van der Waals surface area (Å²) < 4.78 is 5.20. The number of ether oxygens (including phenoxy) is 1. The van der Waals surface area contributed by atoms with Gasteiger partial charge in [-0.25, -0.2) is 4.79 Å². The standard InChI is InChI=1S/C12H15ClN4O2.ClH/c13-9-1-3-10(4-2-9)15-12(18)16-11(14)17-5-7-19-8-6-17;/h1-4H,5-8H2,(H3,14,15,16,18);1H. The number of guanidine groups is 1. The lowest BCUT2D eigenvalue weighted by Gasteiger charge is -2.27. The Morgan fingerprint density at radius 2 is 1.90 bits per heavy atom. The Bertz CT molecular complexity index is 473. The highest BCUT2D eigenvalue weighted by Gasteiger charge is 2.13. The summed E-state index contributed by atoms with van der Waals surface area (Å²) in [4.78, 5) is 17.3. The Balaban J connectivity index is 0.00000200. The predicted molar refractivity (Wildman–Crippen MR) is 81.7 cm³/mol. The molecule has 2 rings (SSSR count). The number of morpholine rings is 1. The van der Waals surface area contributed by atoms with E-state index in [1.165, 1.54) is 0 Å². The van der Waals surface area contributed by atoms with Crippen molar-refractivity contribution in [2.24, 2.45) is 10.7 Å². The minimum absolute atomic E-state index is 0. The van der Waals surface area contributed by atoms with Crippen molar-refractivity contribution >= 4 is 41.7 Å². The number of benzene rings is 1. The molecule has 0 aromatic heterocycles. The largest absolute Gasteiger partial charge is 0.378 e. The third-order valence-corrected chi connectivity index (χ3v) is 2.90. The van der Waals surface area contributed by atoms with Gasteiger partial charge in [0.2, 0.25) is 5.96 Å². The van der Waals surface area contributed by atoms with E-state index in [1.807, 2.05) is 4.90 Å². The minimum Gasteiger partial charge on any atom is -0.378 e. The maximum atomic E-state index is 11.7. The summed E-state index contributed by atoms with van der Waals surface area (Å²) >= 11 is 5.76. The first kappa shape index (κ1) is 16.6. The molecule has 1 saturated heterocycles. The Labute approximate surface area is 128 Å². The van der Waals surface area contributed by atoms with Crippen molar-refractivity contribution in [3.8, 4) is 0 Å². The first-order valence-electron chi connectivity index (χ1n) is 5.88. The van der Waals surface area contributed by atoms with Crippen molar-refractivity contribution in [3.63, 3.8) is 0 Å². The second-order valence-electron chi connectivity index (χ2n) is 4.01. The molecule has 6 nitrogen and oxygen atoms in total. The Hall–Kier alpha value is -1.50. The van der Waals surface area contributed by atoms with Crippen LogP contribution in [0.5, 0.6) is 0 Å². The van der Waals surface area contributed by atoms with Crippen LogP contribution in [0.4, 0.5) is 10.5 Å². The fourth-order valence-corrected chi connectivity index (χ4v) is 1.78. The van der Waals surface area contributed by atoms with Gasteiger partial charge in [0.15, 0.2) is 0 Å². The van der Waals surface area contributed by atoms with Gasteiger partial charge in [0.25, 0.3) is 0 Å². The summed E-state index contributed by atoms with van der Waals surface area (Å²) in [5.41, 5.74) is 6.38. The zero-order valence-electron chi connectivity index (χ0n) is 10.7. The van der Waals surface area contributed by atoms with E-state index in [2.05, 4.69) is 10.3 Å². The predicted octanol–water partition coefficient (Wildman–Crippen LogP) is 1.94. The molecular weight excluding hydrogens is 303 g/mol. The smallest absolute Gasteiger partial charge is 0.348 e. The molecule has 0 saturated carbocycles. The number of nitrogens with two attached hydrogens (primary N) is 1. The van der Waals surface area contributed by atoms with Gasteiger partial charge in [-0.05, 0) is 24.3 Å². The van der Waals surface area contributed by atoms with Crippen molar-refractivity contribution < 1.29 is 9.53 Å². The second-order valence-corrected chi connectivity index (χ2v) is 4.44. The molecule has 3 N–H and O–H groups in total. The van der Waals surface area contributed by atoms with Crippen LogP contribution in [0.3, 0.4) is 0 Å². The molecule has 1 aliphatic rings. The van der Waals surface area contributed by atoms with Gasteiger partial charge >= 0.3 is 6.03 Å². The van der Waals surface area contributed by atoms with Gasteiger partial charge in [-0.1, -0.05) is 11.6 Å². The molecular formula is C12H16Cl2N4O2. The second kappa shape index (κ2) is 7.94. The Morgan fingerprint density at radius 3 is 2.50 bits per heavy atom. The fourth-order valence-electron chi connectivity index (χ4n) is 1.65. The van der Waals surface area contributed by atoms with Crippen LogP contribution in [0.25, 0.3) is 0 Å². The van der Waals surface area contributed by atoms with Crippen LogP contribution in [0.15, 0.2) is 29.3 Å². The lowest BCUT2D eigenvalue weighted by atomic mass is 10.3. The molecule has 0 aliphatic carbocycles. The van der Waals surface area contributed by atoms with Crippen molar-refractivity contribution in [1.82, 2.24) is 4.90 Å². The number of nitrogens with one attached hydrogen (secondary N) is 1. The minimum atomic E-state index is -0.508. The SMILES string of the molecule is Cl.N/C(=N\C(=O)Nc1ccc(Cl)cc1)N1CCOCC1. The summed E-state index contributed by atoms with van der Waals surface area (Å²) in [7, 11) is 0. The highest BCUT2D eigenvalue weighted by Crippen LogP contribution is 2.13. The summed E-state index contributed by atoms with van der Waals surface area (Å²) in [6.45, 7) is 2.47. The maximum Gasteiger partial charge on any atom is 0.348 e. The lowest BCUT2D eigenvalue weighted by molar-refractivity contribution is 0.0675. The monoisotopic (exact) mass is 318 g/mol. The van der Waals surface area contributed by atoms with E-state index in [0.29, 0.717) is 37.0 Å². The van der Waals surface area contributed by atoms with Crippen molar-refractivity contribution in [3.05, 3.63) is 29.3 Å². The van der Waals surface area contributed by atoms with E-state index in [1.54, 1.807) is 24.3 Å². The highest BCUT2D eigenvalue weighted by atomic mass is 35.5. The van der Waals surface area contributed by atoms with Crippen LogP contribution < -0.4 is 11.1 Å². The number of hydrogen-bond acceptors (Lipinski definition) is 2. The zero-order chi connectivity index (χ0) is 13.7. The van der Waals surface area contributed by atoms with Gasteiger partial charge in [-0.2, -0.15) is 4.99 Å². The van der Waals surface area contributed by atoms with Crippen LogP contribution >= 0.6 is 24.0 Å². The summed E-state index contributed by atoms with van der Waals surface area (Å²) in [6.07, 6.45) is 0. The molecule has 1 heterocycles. The van der Waals surface area contributed by atoms with Gasteiger partial charge in [0, 0.05) is 23.8 Å². The van der Waals surface area contributed by atoms with Crippen LogP contribution in [0, 0.1) is 0 Å². The van der Waals surface area contributed by atoms with E-state index in [-0.39, 0.29) is 18.4 Å². The molecule has 0 unspecified atom stereocenters. The van der Waals surface area contributed by atoms with Crippen molar-refractivity contribution in [2.75, 3.05) is 31.6 Å².